The molecule has 1 fully saturated rings. The Balaban J connectivity index is 1.26. The number of hydrogen-bond donors (Lipinski definition) is 0. The molecule has 0 radical (unpaired) electrons. The molecule has 1 aliphatic rings. The van der Waals surface area contributed by atoms with Crippen molar-refractivity contribution in [1.82, 2.24) is 14.5 Å². The first kappa shape index (κ1) is 19.1. The maximum absolute atomic E-state index is 13.0. The molecular weight excluding hydrogens is 349 g/mol. The Hall–Kier alpha value is -2.20. The van der Waals surface area contributed by atoms with E-state index >= 15 is 0 Å². The van der Waals surface area contributed by atoms with Crippen molar-refractivity contribution in [2.45, 2.75) is 45.6 Å². The van der Waals surface area contributed by atoms with Crippen LogP contribution in [-0.4, -0.2) is 27.5 Å². The molecule has 0 unspecified atom stereocenters. The number of imidazole rings is 1. The molecule has 0 aliphatic carbocycles. The van der Waals surface area contributed by atoms with E-state index in [1.54, 1.807) is 12.1 Å². The van der Waals surface area contributed by atoms with Crippen LogP contribution in [0.25, 0.3) is 11.0 Å². The van der Waals surface area contributed by atoms with Gasteiger partial charge in [0, 0.05) is 7.05 Å². The molecule has 0 N–H and O–H groups in total. The molecule has 3 nitrogen and oxygen atoms in total. The first-order valence-corrected chi connectivity index (χ1v) is 10.5. The van der Waals surface area contributed by atoms with E-state index in [-0.39, 0.29) is 5.82 Å². The third-order valence-electron chi connectivity index (χ3n) is 6.25. The topological polar surface area (TPSA) is 21.1 Å². The van der Waals surface area contributed by atoms with Crippen LogP contribution in [0.4, 0.5) is 4.39 Å². The summed E-state index contributed by atoms with van der Waals surface area (Å²) in [4.78, 5) is 7.42. The van der Waals surface area contributed by atoms with Crippen LogP contribution in [0.3, 0.4) is 0 Å². The predicted molar refractivity (Wildman–Crippen MR) is 113 cm³/mol. The summed E-state index contributed by atoms with van der Waals surface area (Å²) in [5.41, 5.74) is 4.90. The summed E-state index contributed by atoms with van der Waals surface area (Å²) in [5.74, 6) is 1.84. The van der Waals surface area contributed by atoms with Crippen LogP contribution < -0.4 is 0 Å². The van der Waals surface area contributed by atoms with Crippen molar-refractivity contribution < 1.29 is 4.39 Å². The van der Waals surface area contributed by atoms with Gasteiger partial charge >= 0.3 is 0 Å². The second-order valence-electron chi connectivity index (χ2n) is 8.27. The van der Waals surface area contributed by atoms with Gasteiger partial charge in [-0.15, -0.1) is 0 Å². The van der Waals surface area contributed by atoms with Crippen LogP contribution in [0.1, 0.15) is 42.6 Å². The number of rotatable bonds is 6. The summed E-state index contributed by atoms with van der Waals surface area (Å²) in [6, 6.07) is 13.3. The van der Waals surface area contributed by atoms with Crippen LogP contribution in [-0.2, 0) is 20.0 Å². The molecule has 4 heteroatoms. The lowest BCUT2D eigenvalue weighted by Gasteiger charge is -2.31. The molecule has 4 rings (SSSR count). The molecule has 0 saturated carbocycles. The van der Waals surface area contributed by atoms with Gasteiger partial charge < -0.3 is 4.57 Å². The highest BCUT2D eigenvalue weighted by Gasteiger charge is 2.21. The number of fused-ring (bicyclic) bond motifs is 1. The van der Waals surface area contributed by atoms with E-state index in [1.807, 2.05) is 12.1 Å². The molecule has 2 aromatic carbocycles. The van der Waals surface area contributed by atoms with E-state index in [4.69, 9.17) is 4.98 Å². The Labute approximate surface area is 167 Å². The third-order valence-corrected chi connectivity index (χ3v) is 6.25. The molecule has 0 bridgehead atoms. The van der Waals surface area contributed by atoms with Crippen LogP contribution in [0.5, 0.6) is 0 Å². The first-order chi connectivity index (χ1) is 13.6. The van der Waals surface area contributed by atoms with Gasteiger partial charge in [-0.2, -0.15) is 0 Å². The van der Waals surface area contributed by atoms with E-state index in [9.17, 15) is 4.39 Å². The first-order valence-electron chi connectivity index (χ1n) is 10.5. The van der Waals surface area contributed by atoms with E-state index in [0.29, 0.717) is 0 Å². The van der Waals surface area contributed by atoms with E-state index in [2.05, 4.69) is 41.6 Å². The van der Waals surface area contributed by atoms with Gasteiger partial charge in [0.2, 0.25) is 0 Å². The monoisotopic (exact) mass is 379 g/mol. The van der Waals surface area contributed by atoms with Gasteiger partial charge in [-0.25, -0.2) is 9.37 Å². The van der Waals surface area contributed by atoms with Gasteiger partial charge in [-0.05, 0) is 80.9 Å². The fourth-order valence-electron chi connectivity index (χ4n) is 4.53. The number of halogens is 1. The minimum atomic E-state index is -0.146. The van der Waals surface area contributed by atoms with Crippen molar-refractivity contribution in [3.05, 3.63) is 65.2 Å². The zero-order valence-corrected chi connectivity index (χ0v) is 17.0. The number of para-hydroxylation sites is 1. The molecule has 1 aromatic heterocycles. The minimum absolute atomic E-state index is 0.146. The van der Waals surface area contributed by atoms with Gasteiger partial charge in [0.05, 0.1) is 17.6 Å². The second-order valence-corrected chi connectivity index (χ2v) is 8.27. The third kappa shape index (κ3) is 4.27. The molecule has 0 spiro atoms. The Morgan fingerprint density at radius 3 is 2.54 bits per heavy atom. The van der Waals surface area contributed by atoms with Gasteiger partial charge in [0.25, 0.3) is 0 Å². The lowest BCUT2D eigenvalue weighted by molar-refractivity contribution is 0.166. The van der Waals surface area contributed by atoms with Gasteiger partial charge in [0.1, 0.15) is 11.6 Å². The van der Waals surface area contributed by atoms with Crippen LogP contribution in [0, 0.1) is 18.7 Å². The highest BCUT2D eigenvalue weighted by Crippen LogP contribution is 2.25. The number of aryl methyl sites for hydroxylation is 3. The maximum Gasteiger partial charge on any atom is 0.123 e. The predicted octanol–water partition coefficient (Wildman–Crippen LogP) is 5.26. The van der Waals surface area contributed by atoms with Crippen molar-refractivity contribution in [3.8, 4) is 0 Å². The molecule has 0 atom stereocenters. The summed E-state index contributed by atoms with van der Waals surface area (Å²) in [6.07, 6.45) is 6.06. The molecule has 1 aliphatic heterocycles. The Kier molecular flexibility index (Phi) is 5.77. The second kappa shape index (κ2) is 8.44. The van der Waals surface area contributed by atoms with Gasteiger partial charge in [-0.1, -0.05) is 30.7 Å². The van der Waals surface area contributed by atoms with Gasteiger partial charge in [0.15, 0.2) is 0 Å². The van der Waals surface area contributed by atoms with Crippen LogP contribution in [0.15, 0.2) is 42.5 Å². The van der Waals surface area contributed by atoms with Crippen molar-refractivity contribution >= 4 is 11.0 Å². The SMILES string of the molecule is Cc1cccc2nc(CN3CCC(CCCc4ccc(F)cc4)CC3)n(C)c12. The average Bonchev–Trinajstić information content (AvgIpc) is 3.01. The summed E-state index contributed by atoms with van der Waals surface area (Å²) < 4.78 is 15.3. The van der Waals surface area contributed by atoms with Crippen molar-refractivity contribution in [1.29, 1.82) is 0 Å². The molecular formula is C24H30FN3. The number of likely N-dealkylation sites (tertiary alicyclic amines) is 1. The lowest BCUT2D eigenvalue weighted by Crippen LogP contribution is -2.34. The molecule has 148 valence electrons. The summed E-state index contributed by atoms with van der Waals surface area (Å²) in [7, 11) is 2.14. The number of aromatic nitrogens is 2. The lowest BCUT2D eigenvalue weighted by atomic mass is 9.91. The number of nitrogens with zero attached hydrogens (tertiary/aromatic N) is 3. The normalized spacial score (nSPS) is 16.1. The minimum Gasteiger partial charge on any atom is -0.330 e. The Morgan fingerprint density at radius 1 is 1.07 bits per heavy atom. The highest BCUT2D eigenvalue weighted by molar-refractivity contribution is 5.79. The molecule has 2 heterocycles. The zero-order valence-electron chi connectivity index (χ0n) is 17.0. The molecule has 3 aromatic rings. The van der Waals surface area contributed by atoms with Crippen molar-refractivity contribution in [2.24, 2.45) is 13.0 Å². The van der Waals surface area contributed by atoms with Crippen molar-refractivity contribution in [3.63, 3.8) is 0 Å². The van der Waals surface area contributed by atoms with Crippen LogP contribution in [0.2, 0.25) is 0 Å². The average molecular weight is 380 g/mol. The summed E-state index contributed by atoms with van der Waals surface area (Å²) in [6.45, 7) is 5.41. The zero-order chi connectivity index (χ0) is 19.5. The van der Waals surface area contributed by atoms with Crippen LogP contribution >= 0.6 is 0 Å². The van der Waals surface area contributed by atoms with Crippen molar-refractivity contribution in [2.75, 3.05) is 13.1 Å². The van der Waals surface area contributed by atoms with Gasteiger partial charge in [-0.3, -0.25) is 4.90 Å². The number of benzene rings is 2. The van der Waals surface area contributed by atoms with E-state index in [0.717, 1.165) is 37.5 Å². The Morgan fingerprint density at radius 2 is 1.82 bits per heavy atom. The maximum atomic E-state index is 13.0. The van der Waals surface area contributed by atoms with E-state index < -0.39 is 0 Å². The Bertz CT molecular complexity index is 921. The highest BCUT2D eigenvalue weighted by atomic mass is 19.1. The summed E-state index contributed by atoms with van der Waals surface area (Å²) in [5, 5.41) is 0. The summed E-state index contributed by atoms with van der Waals surface area (Å²) >= 11 is 0. The molecule has 1 saturated heterocycles. The smallest absolute Gasteiger partial charge is 0.123 e. The largest absolute Gasteiger partial charge is 0.330 e. The standard InChI is InChI=1S/C24H30FN3/c1-18-5-3-8-22-24(18)27(2)23(26-22)17-28-15-13-20(14-16-28)7-4-6-19-9-11-21(25)12-10-19/h3,5,8-12,20H,4,6-7,13-17H2,1-2H3. The number of hydrogen-bond acceptors (Lipinski definition) is 2. The quantitative estimate of drug-likeness (QED) is 0.583. The fraction of sp³-hybridized carbons (Fsp3) is 0.458. The molecule has 28 heavy (non-hydrogen) atoms. The molecule has 0 amide bonds. The fourth-order valence-corrected chi connectivity index (χ4v) is 4.53. The number of piperidine rings is 1. The van der Waals surface area contributed by atoms with E-state index in [1.165, 1.54) is 48.2 Å².